The van der Waals surface area contributed by atoms with Crippen LogP contribution >= 0.6 is 0 Å². The van der Waals surface area contributed by atoms with E-state index in [1.165, 1.54) is 6.20 Å². The Kier molecular flexibility index (Phi) is 3.91. The van der Waals surface area contributed by atoms with Gasteiger partial charge in [0.25, 0.3) is 0 Å². The van der Waals surface area contributed by atoms with E-state index in [0.717, 1.165) is 12.3 Å². The minimum atomic E-state index is -1.03. The summed E-state index contributed by atoms with van der Waals surface area (Å²) in [7, 11) is 0. The van der Waals surface area contributed by atoms with Gasteiger partial charge in [-0.1, -0.05) is 0 Å². The number of carbonyl (C=O) groups excluding carboxylic acids is 1. The molecule has 1 aliphatic rings. The van der Waals surface area contributed by atoms with Crippen LogP contribution in [0.1, 0.15) is 0 Å². The summed E-state index contributed by atoms with van der Waals surface area (Å²) < 4.78 is 17.9. The fraction of sp³-hybridized carbons (Fsp3) is 0.364. The molecule has 3 N–H and O–H groups in total. The third kappa shape index (κ3) is 3.38. The minimum absolute atomic E-state index is 0.0573. The predicted octanol–water partition coefficient (Wildman–Crippen LogP) is 0.442. The second-order valence-corrected chi connectivity index (χ2v) is 4.08. The van der Waals surface area contributed by atoms with Gasteiger partial charge in [0, 0.05) is 6.07 Å². The molecule has 0 saturated carbocycles. The van der Waals surface area contributed by atoms with Gasteiger partial charge >= 0.3 is 12.0 Å². The molecule has 0 aromatic carbocycles. The van der Waals surface area contributed by atoms with Gasteiger partial charge in [-0.15, -0.1) is 0 Å². The van der Waals surface area contributed by atoms with Gasteiger partial charge in [-0.3, -0.25) is 9.78 Å². The highest BCUT2D eigenvalue weighted by molar-refractivity contribution is 5.89. The number of halogens is 1. The smallest absolute Gasteiger partial charge is 0.319 e. The summed E-state index contributed by atoms with van der Waals surface area (Å²) in [5.74, 6) is -2.39. The Morgan fingerprint density at radius 2 is 2.21 bits per heavy atom. The Morgan fingerprint density at radius 1 is 1.42 bits per heavy atom. The summed E-state index contributed by atoms with van der Waals surface area (Å²) in [5.41, 5.74) is 0.184. The van der Waals surface area contributed by atoms with Crippen molar-refractivity contribution in [2.24, 2.45) is 5.92 Å². The second kappa shape index (κ2) is 5.61. The van der Waals surface area contributed by atoms with Crippen molar-refractivity contribution in [2.75, 3.05) is 18.5 Å². The molecular weight excluding hydrogens is 257 g/mol. The Morgan fingerprint density at radius 3 is 2.89 bits per heavy atom. The van der Waals surface area contributed by atoms with Crippen molar-refractivity contribution in [3.63, 3.8) is 0 Å². The molecular formula is C11H12FN3O4. The number of hydrogen-bond donors (Lipinski definition) is 3. The molecule has 2 atom stereocenters. The van der Waals surface area contributed by atoms with E-state index < -0.39 is 29.8 Å². The van der Waals surface area contributed by atoms with Gasteiger partial charge in [0.05, 0.1) is 37.3 Å². The maximum absolute atomic E-state index is 12.9. The lowest BCUT2D eigenvalue weighted by atomic mass is 10.0. The average molecular weight is 269 g/mol. The van der Waals surface area contributed by atoms with Crippen LogP contribution in [0.3, 0.4) is 0 Å². The van der Waals surface area contributed by atoms with Crippen LogP contribution in [-0.2, 0) is 9.53 Å². The van der Waals surface area contributed by atoms with Gasteiger partial charge in [-0.05, 0) is 0 Å². The van der Waals surface area contributed by atoms with E-state index in [-0.39, 0.29) is 18.9 Å². The normalized spacial score (nSPS) is 21.9. The molecule has 102 valence electrons. The van der Waals surface area contributed by atoms with Crippen molar-refractivity contribution in [3.8, 4) is 0 Å². The van der Waals surface area contributed by atoms with Crippen molar-refractivity contribution in [2.45, 2.75) is 6.04 Å². The van der Waals surface area contributed by atoms with E-state index in [1.54, 1.807) is 0 Å². The summed E-state index contributed by atoms with van der Waals surface area (Å²) >= 11 is 0. The highest BCUT2D eigenvalue weighted by Crippen LogP contribution is 2.14. The number of aliphatic carboxylic acids is 1. The molecule has 0 radical (unpaired) electrons. The number of carboxylic acid groups (broad SMARTS) is 1. The number of pyridine rings is 1. The highest BCUT2D eigenvalue weighted by Gasteiger charge is 2.35. The topological polar surface area (TPSA) is 101 Å². The predicted molar refractivity (Wildman–Crippen MR) is 62.1 cm³/mol. The number of aromatic nitrogens is 1. The molecule has 2 unspecified atom stereocenters. The first-order valence-electron chi connectivity index (χ1n) is 5.55. The van der Waals surface area contributed by atoms with Crippen LogP contribution in [0.15, 0.2) is 18.5 Å². The van der Waals surface area contributed by atoms with Crippen molar-refractivity contribution in [3.05, 3.63) is 24.3 Å². The molecule has 0 bridgehead atoms. The minimum Gasteiger partial charge on any atom is -0.481 e. The fourth-order valence-corrected chi connectivity index (χ4v) is 1.76. The van der Waals surface area contributed by atoms with Crippen LogP contribution in [0.5, 0.6) is 0 Å². The van der Waals surface area contributed by atoms with Crippen LogP contribution in [-0.4, -0.2) is 41.3 Å². The van der Waals surface area contributed by atoms with E-state index >= 15 is 0 Å². The van der Waals surface area contributed by atoms with Crippen LogP contribution < -0.4 is 10.6 Å². The van der Waals surface area contributed by atoms with Crippen LogP contribution in [0.25, 0.3) is 0 Å². The lowest BCUT2D eigenvalue weighted by Crippen LogP contribution is -2.44. The first-order valence-corrected chi connectivity index (χ1v) is 5.55. The van der Waals surface area contributed by atoms with Gasteiger partial charge in [0.1, 0.15) is 11.7 Å². The zero-order valence-electron chi connectivity index (χ0n) is 9.80. The number of rotatable bonds is 3. The molecule has 8 heteroatoms. The van der Waals surface area contributed by atoms with Gasteiger partial charge in [0.15, 0.2) is 0 Å². The maximum atomic E-state index is 12.9. The second-order valence-electron chi connectivity index (χ2n) is 4.08. The van der Waals surface area contributed by atoms with E-state index in [0.29, 0.717) is 0 Å². The molecule has 1 fully saturated rings. The molecule has 1 aromatic heterocycles. The zero-order chi connectivity index (χ0) is 13.8. The average Bonchev–Trinajstić information content (AvgIpc) is 2.76. The molecule has 2 heterocycles. The summed E-state index contributed by atoms with van der Waals surface area (Å²) in [6.07, 6.45) is 2.29. The van der Waals surface area contributed by atoms with Gasteiger partial charge in [-0.25, -0.2) is 9.18 Å². The number of ether oxygens (including phenoxy) is 1. The number of amides is 2. The number of carboxylic acids is 1. The molecule has 1 aliphatic heterocycles. The Labute approximate surface area is 107 Å². The highest BCUT2D eigenvalue weighted by atomic mass is 19.1. The lowest BCUT2D eigenvalue weighted by Gasteiger charge is -2.16. The summed E-state index contributed by atoms with van der Waals surface area (Å²) in [6.45, 7) is 0.188. The molecule has 7 nitrogen and oxygen atoms in total. The number of urea groups is 1. The van der Waals surface area contributed by atoms with Crippen LogP contribution in [0, 0.1) is 11.7 Å². The molecule has 19 heavy (non-hydrogen) atoms. The monoisotopic (exact) mass is 269 g/mol. The Hall–Kier alpha value is -2.22. The summed E-state index contributed by atoms with van der Waals surface area (Å²) in [6, 6.07) is -0.139. The molecule has 2 rings (SSSR count). The van der Waals surface area contributed by atoms with Crippen LogP contribution in [0.4, 0.5) is 14.9 Å². The Balaban J connectivity index is 1.92. The van der Waals surface area contributed by atoms with E-state index in [2.05, 4.69) is 15.6 Å². The van der Waals surface area contributed by atoms with Gasteiger partial charge in [-0.2, -0.15) is 0 Å². The van der Waals surface area contributed by atoms with Crippen LogP contribution in [0.2, 0.25) is 0 Å². The fourth-order valence-electron chi connectivity index (χ4n) is 1.76. The zero-order valence-corrected chi connectivity index (χ0v) is 9.80. The lowest BCUT2D eigenvalue weighted by molar-refractivity contribution is -0.142. The largest absolute Gasteiger partial charge is 0.481 e. The number of anilines is 1. The number of carbonyl (C=O) groups is 2. The number of hydrogen-bond acceptors (Lipinski definition) is 4. The molecule has 2 amide bonds. The third-order valence-corrected chi connectivity index (χ3v) is 2.68. The van der Waals surface area contributed by atoms with Crippen molar-refractivity contribution in [1.29, 1.82) is 0 Å². The number of nitrogens with zero attached hydrogens (tertiary/aromatic N) is 1. The SMILES string of the molecule is O=C(Nc1cncc(F)c1)NC1COCC1C(=O)O. The molecule has 1 aromatic rings. The summed E-state index contributed by atoms with van der Waals surface area (Å²) in [5, 5.41) is 13.8. The first kappa shape index (κ1) is 13.2. The third-order valence-electron chi connectivity index (χ3n) is 2.68. The standard InChI is InChI=1S/C11H12FN3O4/c12-6-1-7(3-13-2-6)14-11(18)15-9-5-19-4-8(9)10(16)17/h1-3,8-9H,4-5H2,(H,16,17)(H2,14,15,18). The molecule has 0 spiro atoms. The summed E-state index contributed by atoms with van der Waals surface area (Å²) in [4.78, 5) is 26.1. The molecule has 0 aliphatic carbocycles. The van der Waals surface area contributed by atoms with E-state index in [1.807, 2.05) is 0 Å². The van der Waals surface area contributed by atoms with Crippen molar-refractivity contribution < 1.29 is 23.8 Å². The van der Waals surface area contributed by atoms with Crippen molar-refractivity contribution >= 4 is 17.7 Å². The van der Waals surface area contributed by atoms with Crippen molar-refractivity contribution in [1.82, 2.24) is 10.3 Å². The van der Waals surface area contributed by atoms with E-state index in [4.69, 9.17) is 9.84 Å². The van der Waals surface area contributed by atoms with Gasteiger partial charge < -0.3 is 20.5 Å². The quantitative estimate of drug-likeness (QED) is 0.739. The molecule has 1 saturated heterocycles. The Bertz CT molecular complexity index is 497. The maximum Gasteiger partial charge on any atom is 0.319 e. The number of nitrogens with one attached hydrogen (secondary N) is 2. The first-order chi connectivity index (χ1) is 9.06. The van der Waals surface area contributed by atoms with E-state index in [9.17, 15) is 14.0 Å². The van der Waals surface area contributed by atoms with Gasteiger partial charge in [0.2, 0.25) is 0 Å².